The lowest BCUT2D eigenvalue weighted by Gasteiger charge is -2.28. The Balaban J connectivity index is 1.94. The Morgan fingerprint density at radius 1 is 1.06 bits per heavy atom. The number of sulfonamides is 1. The molecule has 0 bridgehead atoms. The largest absolute Gasteiger partial charge is 0.481 e. The van der Waals surface area contributed by atoms with Gasteiger partial charge in [0.2, 0.25) is 10.0 Å². The second-order valence-electron chi connectivity index (χ2n) is 5.47. The second-order valence-corrected chi connectivity index (χ2v) is 7.46. The molecule has 2 N–H and O–H groups in total. The van der Waals surface area contributed by atoms with Crippen LogP contribution >= 0.6 is 0 Å². The van der Waals surface area contributed by atoms with E-state index in [9.17, 15) is 13.2 Å². The van der Waals surface area contributed by atoms with Crippen LogP contribution < -0.4 is 4.72 Å². The van der Waals surface area contributed by atoms with Gasteiger partial charge in [0.05, 0.1) is 11.2 Å². The van der Waals surface area contributed by atoms with Gasteiger partial charge in [0.1, 0.15) is 0 Å². The van der Waals surface area contributed by atoms with Crippen molar-refractivity contribution in [1.29, 1.82) is 0 Å². The van der Waals surface area contributed by atoms with Crippen molar-refractivity contribution in [2.45, 2.75) is 62.7 Å². The Labute approximate surface area is 108 Å². The topological polar surface area (TPSA) is 83.5 Å². The molecule has 5 nitrogen and oxygen atoms in total. The van der Waals surface area contributed by atoms with Crippen molar-refractivity contribution in [2.75, 3.05) is 0 Å². The summed E-state index contributed by atoms with van der Waals surface area (Å²) in [6.07, 6.45) is 6.08. The lowest BCUT2D eigenvalue weighted by Crippen LogP contribution is -2.43. The minimum Gasteiger partial charge on any atom is -0.481 e. The average molecular weight is 275 g/mol. The van der Waals surface area contributed by atoms with Crippen molar-refractivity contribution < 1.29 is 18.3 Å². The van der Waals surface area contributed by atoms with Gasteiger partial charge in [-0.3, -0.25) is 4.79 Å². The van der Waals surface area contributed by atoms with E-state index in [1.54, 1.807) is 0 Å². The monoisotopic (exact) mass is 275 g/mol. The number of carboxylic acid groups (broad SMARTS) is 1. The highest BCUT2D eigenvalue weighted by Crippen LogP contribution is 2.28. The number of hydrogen-bond acceptors (Lipinski definition) is 3. The molecule has 2 rings (SSSR count). The van der Waals surface area contributed by atoms with Crippen molar-refractivity contribution in [1.82, 2.24) is 4.72 Å². The Bertz CT molecular complexity index is 400. The normalized spacial score (nSPS) is 30.4. The van der Waals surface area contributed by atoms with Gasteiger partial charge >= 0.3 is 5.97 Å². The SMILES string of the molecule is O=C(O)C1CCCC(NS(=O)(=O)C2CCCC2)C1. The summed E-state index contributed by atoms with van der Waals surface area (Å²) < 4.78 is 27.0. The average Bonchev–Trinajstić information content (AvgIpc) is 2.82. The molecule has 0 saturated heterocycles. The van der Waals surface area contributed by atoms with Crippen molar-refractivity contribution in [3.05, 3.63) is 0 Å². The highest BCUT2D eigenvalue weighted by Gasteiger charge is 2.33. The maximum Gasteiger partial charge on any atom is 0.306 e. The van der Waals surface area contributed by atoms with E-state index in [4.69, 9.17) is 5.11 Å². The molecule has 104 valence electrons. The molecule has 2 saturated carbocycles. The van der Waals surface area contributed by atoms with E-state index in [2.05, 4.69) is 4.72 Å². The predicted octanol–water partition coefficient (Wildman–Crippen LogP) is 1.49. The zero-order valence-corrected chi connectivity index (χ0v) is 11.3. The molecule has 0 aromatic carbocycles. The first-order chi connectivity index (χ1) is 8.49. The van der Waals surface area contributed by atoms with Crippen LogP contribution in [0.25, 0.3) is 0 Å². The van der Waals surface area contributed by atoms with Gasteiger partial charge in [-0.25, -0.2) is 13.1 Å². The maximum absolute atomic E-state index is 12.1. The molecule has 2 aliphatic rings. The molecular formula is C12H21NO4S. The van der Waals surface area contributed by atoms with E-state index in [1.807, 2.05) is 0 Å². The third-order valence-electron chi connectivity index (χ3n) is 4.10. The van der Waals surface area contributed by atoms with Crippen molar-refractivity contribution in [3.63, 3.8) is 0 Å². The second kappa shape index (κ2) is 5.57. The van der Waals surface area contributed by atoms with E-state index in [1.165, 1.54) is 0 Å². The zero-order valence-electron chi connectivity index (χ0n) is 10.5. The third kappa shape index (κ3) is 3.23. The third-order valence-corrected chi connectivity index (χ3v) is 6.11. The van der Waals surface area contributed by atoms with Crippen LogP contribution in [-0.4, -0.2) is 30.8 Å². The summed E-state index contributed by atoms with van der Waals surface area (Å²) in [4.78, 5) is 10.9. The smallest absolute Gasteiger partial charge is 0.306 e. The van der Waals surface area contributed by atoms with Gasteiger partial charge in [-0.1, -0.05) is 19.3 Å². The molecule has 6 heteroatoms. The van der Waals surface area contributed by atoms with Gasteiger partial charge in [0, 0.05) is 6.04 Å². The van der Waals surface area contributed by atoms with Gasteiger partial charge in [0.25, 0.3) is 0 Å². The predicted molar refractivity (Wildman–Crippen MR) is 67.7 cm³/mol. The first-order valence-corrected chi connectivity index (χ1v) is 8.27. The van der Waals surface area contributed by atoms with Crippen molar-refractivity contribution >= 4 is 16.0 Å². The summed E-state index contributed by atoms with van der Waals surface area (Å²) >= 11 is 0. The lowest BCUT2D eigenvalue weighted by atomic mass is 9.86. The fourth-order valence-corrected chi connectivity index (χ4v) is 4.87. The van der Waals surface area contributed by atoms with E-state index < -0.39 is 21.9 Å². The summed E-state index contributed by atoms with van der Waals surface area (Å²) in [5.41, 5.74) is 0. The Morgan fingerprint density at radius 3 is 2.33 bits per heavy atom. The molecule has 18 heavy (non-hydrogen) atoms. The Kier molecular flexibility index (Phi) is 4.27. The quantitative estimate of drug-likeness (QED) is 0.814. The van der Waals surface area contributed by atoms with E-state index in [0.29, 0.717) is 12.8 Å². The van der Waals surface area contributed by atoms with Crippen LogP contribution in [0.5, 0.6) is 0 Å². The molecule has 2 atom stereocenters. The van der Waals surface area contributed by atoms with Crippen LogP contribution in [0.2, 0.25) is 0 Å². The number of hydrogen-bond donors (Lipinski definition) is 2. The van der Waals surface area contributed by atoms with Gasteiger partial charge in [-0.2, -0.15) is 0 Å². The Morgan fingerprint density at radius 2 is 1.72 bits per heavy atom. The van der Waals surface area contributed by atoms with E-state index in [0.717, 1.165) is 38.5 Å². The minimum atomic E-state index is -3.25. The molecule has 0 aromatic heterocycles. The van der Waals surface area contributed by atoms with Crippen LogP contribution in [0, 0.1) is 5.92 Å². The van der Waals surface area contributed by atoms with Crippen LogP contribution in [0.15, 0.2) is 0 Å². The molecule has 0 amide bonds. The summed E-state index contributed by atoms with van der Waals surface area (Å²) in [6.45, 7) is 0. The van der Waals surface area contributed by atoms with Crippen molar-refractivity contribution in [2.24, 2.45) is 5.92 Å². The number of carboxylic acids is 1. The van der Waals surface area contributed by atoms with Gasteiger partial charge in [-0.05, 0) is 32.1 Å². The number of carbonyl (C=O) groups is 1. The van der Waals surface area contributed by atoms with Crippen LogP contribution in [-0.2, 0) is 14.8 Å². The molecule has 2 unspecified atom stereocenters. The first kappa shape index (κ1) is 13.8. The fraction of sp³-hybridized carbons (Fsp3) is 0.917. The van der Waals surface area contributed by atoms with Crippen LogP contribution in [0.3, 0.4) is 0 Å². The molecule has 2 aliphatic carbocycles. The summed E-state index contributed by atoms with van der Waals surface area (Å²) in [7, 11) is -3.25. The Hall–Kier alpha value is -0.620. The maximum atomic E-state index is 12.1. The molecular weight excluding hydrogens is 254 g/mol. The van der Waals surface area contributed by atoms with Gasteiger partial charge < -0.3 is 5.11 Å². The van der Waals surface area contributed by atoms with Gasteiger partial charge in [0.15, 0.2) is 0 Å². The fourth-order valence-electron chi connectivity index (χ4n) is 3.05. The lowest BCUT2D eigenvalue weighted by molar-refractivity contribution is -0.143. The molecule has 2 fully saturated rings. The van der Waals surface area contributed by atoms with Crippen LogP contribution in [0.4, 0.5) is 0 Å². The molecule has 0 aliphatic heterocycles. The molecule has 0 radical (unpaired) electrons. The molecule has 0 aromatic rings. The number of aliphatic carboxylic acids is 1. The van der Waals surface area contributed by atoms with Crippen LogP contribution in [0.1, 0.15) is 51.4 Å². The number of rotatable bonds is 4. The molecule has 0 heterocycles. The van der Waals surface area contributed by atoms with E-state index >= 15 is 0 Å². The van der Waals surface area contributed by atoms with Crippen molar-refractivity contribution in [3.8, 4) is 0 Å². The van der Waals surface area contributed by atoms with Gasteiger partial charge in [-0.15, -0.1) is 0 Å². The first-order valence-electron chi connectivity index (χ1n) is 6.73. The summed E-state index contributed by atoms with van der Waals surface area (Å²) in [6, 6.07) is -0.189. The van der Waals surface area contributed by atoms with E-state index in [-0.39, 0.29) is 11.3 Å². The zero-order chi connectivity index (χ0) is 13.2. The highest BCUT2D eigenvalue weighted by atomic mass is 32.2. The molecule has 0 spiro atoms. The highest BCUT2D eigenvalue weighted by molar-refractivity contribution is 7.90. The summed E-state index contributed by atoms with van der Waals surface area (Å²) in [5.74, 6) is -1.20. The standard InChI is InChI=1S/C12H21NO4S/c14-12(15)9-4-3-5-10(8-9)13-18(16,17)11-6-1-2-7-11/h9-11,13H,1-8H2,(H,14,15). The minimum absolute atomic E-state index is 0.189. The number of nitrogens with one attached hydrogen (secondary N) is 1. The summed E-state index contributed by atoms with van der Waals surface area (Å²) in [5, 5.41) is 8.73.